The largest absolute Gasteiger partial charge is 0.392 e. The number of hydrogen-bond donors (Lipinski definition) is 3. The van der Waals surface area contributed by atoms with Crippen LogP contribution in [0, 0.1) is 0 Å². The van der Waals surface area contributed by atoms with Crippen molar-refractivity contribution in [2.75, 3.05) is 10.6 Å². The van der Waals surface area contributed by atoms with Gasteiger partial charge in [-0.05, 0) is 29.8 Å². The first-order valence-electron chi connectivity index (χ1n) is 6.45. The van der Waals surface area contributed by atoms with Crippen LogP contribution in [-0.4, -0.2) is 11.0 Å². The van der Waals surface area contributed by atoms with E-state index in [1.165, 1.54) is 0 Å². The summed E-state index contributed by atoms with van der Waals surface area (Å²) in [6.07, 6.45) is 1.69. The Morgan fingerprint density at radius 3 is 2.90 bits per heavy atom. The summed E-state index contributed by atoms with van der Waals surface area (Å²) in [5, 5.41) is 15.1. The monoisotopic (exact) mass is 344 g/mol. The minimum atomic E-state index is -0.131. The lowest BCUT2D eigenvalue weighted by Crippen LogP contribution is -2.05. The maximum atomic E-state index is 12.0. The number of carbonyl (C=O) groups excluding carboxylic acids is 1. The molecule has 0 bridgehead atoms. The van der Waals surface area contributed by atoms with Crippen molar-refractivity contribution in [3.05, 3.63) is 64.3 Å². The second-order valence-corrected chi connectivity index (χ2v) is 5.62. The van der Waals surface area contributed by atoms with Gasteiger partial charge in [0.25, 0.3) is 5.91 Å². The van der Waals surface area contributed by atoms with Gasteiger partial charge in [-0.25, -0.2) is 0 Å². The SMILES string of the molecule is O=C1Nc2cc(Br)ccc2C1=CNc1cccc(CO)c1. The van der Waals surface area contributed by atoms with Crippen LogP contribution in [0.1, 0.15) is 11.1 Å². The van der Waals surface area contributed by atoms with E-state index in [0.717, 1.165) is 27.0 Å². The van der Waals surface area contributed by atoms with Gasteiger partial charge in [-0.3, -0.25) is 4.79 Å². The number of fused-ring (bicyclic) bond motifs is 1. The van der Waals surface area contributed by atoms with Crippen molar-refractivity contribution in [1.82, 2.24) is 0 Å². The van der Waals surface area contributed by atoms with Gasteiger partial charge in [-0.15, -0.1) is 0 Å². The maximum absolute atomic E-state index is 12.0. The van der Waals surface area contributed by atoms with E-state index < -0.39 is 0 Å². The third-order valence-corrected chi connectivity index (χ3v) is 3.75. The summed E-state index contributed by atoms with van der Waals surface area (Å²) in [5.41, 5.74) is 3.90. The Morgan fingerprint density at radius 2 is 2.10 bits per heavy atom. The number of halogens is 1. The predicted molar refractivity (Wildman–Crippen MR) is 86.7 cm³/mol. The molecule has 0 saturated heterocycles. The Hall–Kier alpha value is -2.11. The van der Waals surface area contributed by atoms with E-state index in [1.54, 1.807) is 6.20 Å². The van der Waals surface area contributed by atoms with Gasteiger partial charge in [0.2, 0.25) is 0 Å². The zero-order valence-electron chi connectivity index (χ0n) is 11.1. The molecule has 0 radical (unpaired) electrons. The third kappa shape index (κ3) is 2.84. The molecule has 1 amide bonds. The fourth-order valence-electron chi connectivity index (χ4n) is 2.22. The fourth-order valence-corrected chi connectivity index (χ4v) is 2.59. The number of amides is 1. The number of hydrogen-bond acceptors (Lipinski definition) is 3. The van der Waals surface area contributed by atoms with Gasteiger partial charge in [0.1, 0.15) is 0 Å². The topological polar surface area (TPSA) is 61.4 Å². The molecule has 1 aliphatic rings. The number of rotatable bonds is 3. The van der Waals surface area contributed by atoms with Crippen LogP contribution in [0.15, 0.2) is 53.1 Å². The number of nitrogens with one attached hydrogen (secondary N) is 2. The maximum Gasteiger partial charge on any atom is 0.257 e. The zero-order chi connectivity index (χ0) is 14.8. The summed E-state index contributed by atoms with van der Waals surface area (Å²) in [7, 11) is 0. The summed E-state index contributed by atoms with van der Waals surface area (Å²) in [5.74, 6) is -0.131. The van der Waals surface area contributed by atoms with Crippen molar-refractivity contribution in [3.63, 3.8) is 0 Å². The lowest BCUT2D eigenvalue weighted by atomic mass is 10.1. The quantitative estimate of drug-likeness (QED) is 0.748. The summed E-state index contributed by atoms with van der Waals surface area (Å²) < 4.78 is 0.923. The van der Waals surface area contributed by atoms with Crippen molar-refractivity contribution >= 4 is 38.8 Å². The minimum absolute atomic E-state index is 0.0105. The molecule has 0 saturated carbocycles. The van der Waals surface area contributed by atoms with Crippen LogP contribution in [0.5, 0.6) is 0 Å². The van der Waals surface area contributed by atoms with E-state index in [1.807, 2.05) is 42.5 Å². The lowest BCUT2D eigenvalue weighted by molar-refractivity contribution is -0.110. The van der Waals surface area contributed by atoms with Gasteiger partial charge >= 0.3 is 0 Å². The summed E-state index contributed by atoms with van der Waals surface area (Å²) >= 11 is 3.39. The van der Waals surface area contributed by atoms with Crippen LogP contribution < -0.4 is 10.6 Å². The first-order chi connectivity index (χ1) is 10.2. The number of carbonyl (C=O) groups is 1. The highest BCUT2D eigenvalue weighted by Gasteiger charge is 2.23. The highest BCUT2D eigenvalue weighted by Crippen LogP contribution is 2.33. The molecule has 21 heavy (non-hydrogen) atoms. The minimum Gasteiger partial charge on any atom is -0.392 e. The summed E-state index contributed by atoms with van der Waals surface area (Å²) in [6.45, 7) is -0.0105. The molecular weight excluding hydrogens is 332 g/mol. The molecule has 3 rings (SSSR count). The molecule has 0 spiro atoms. The molecule has 0 fully saturated rings. The van der Waals surface area contributed by atoms with Crippen LogP contribution in [0.25, 0.3) is 5.57 Å². The van der Waals surface area contributed by atoms with E-state index >= 15 is 0 Å². The van der Waals surface area contributed by atoms with Crippen LogP contribution in [0.3, 0.4) is 0 Å². The van der Waals surface area contributed by atoms with E-state index in [-0.39, 0.29) is 12.5 Å². The molecule has 1 heterocycles. The van der Waals surface area contributed by atoms with Crippen molar-refractivity contribution in [2.45, 2.75) is 6.61 Å². The second kappa shape index (κ2) is 5.71. The van der Waals surface area contributed by atoms with Crippen LogP contribution in [0.2, 0.25) is 0 Å². The molecule has 0 unspecified atom stereocenters. The first-order valence-corrected chi connectivity index (χ1v) is 7.24. The molecule has 1 aliphatic heterocycles. The smallest absolute Gasteiger partial charge is 0.257 e. The molecule has 0 aromatic heterocycles. The molecule has 106 valence electrons. The number of aliphatic hydroxyl groups excluding tert-OH is 1. The fraction of sp³-hybridized carbons (Fsp3) is 0.0625. The standard InChI is InChI=1S/C16H13BrN2O2/c17-11-4-5-13-14(16(21)19-15(13)7-11)8-18-12-3-1-2-10(6-12)9-20/h1-8,18,20H,9H2,(H,19,21). The van der Waals surface area contributed by atoms with Gasteiger partial charge in [-0.1, -0.05) is 34.1 Å². The summed E-state index contributed by atoms with van der Waals surface area (Å²) in [4.78, 5) is 12.0. The molecule has 3 N–H and O–H groups in total. The number of anilines is 2. The van der Waals surface area contributed by atoms with Gasteiger partial charge in [0, 0.05) is 21.9 Å². The van der Waals surface area contributed by atoms with E-state index in [9.17, 15) is 4.79 Å². The molecule has 5 heteroatoms. The Morgan fingerprint density at radius 1 is 1.24 bits per heavy atom. The zero-order valence-corrected chi connectivity index (χ0v) is 12.6. The third-order valence-electron chi connectivity index (χ3n) is 3.26. The van der Waals surface area contributed by atoms with E-state index in [0.29, 0.717) is 5.57 Å². The highest BCUT2D eigenvalue weighted by atomic mass is 79.9. The van der Waals surface area contributed by atoms with Crippen molar-refractivity contribution in [3.8, 4) is 0 Å². The lowest BCUT2D eigenvalue weighted by Gasteiger charge is -2.04. The average molecular weight is 345 g/mol. The molecule has 2 aromatic rings. The van der Waals surface area contributed by atoms with Crippen LogP contribution in [-0.2, 0) is 11.4 Å². The van der Waals surface area contributed by atoms with Crippen molar-refractivity contribution in [2.24, 2.45) is 0 Å². The Bertz CT molecular complexity index is 741. The highest BCUT2D eigenvalue weighted by molar-refractivity contribution is 9.10. The molecule has 4 nitrogen and oxygen atoms in total. The van der Waals surface area contributed by atoms with Gasteiger partial charge in [-0.2, -0.15) is 0 Å². The second-order valence-electron chi connectivity index (χ2n) is 4.70. The van der Waals surface area contributed by atoms with Crippen LogP contribution >= 0.6 is 15.9 Å². The number of aliphatic hydroxyl groups is 1. The normalized spacial score (nSPS) is 15.0. The average Bonchev–Trinajstić information content (AvgIpc) is 2.80. The Kier molecular flexibility index (Phi) is 3.77. The van der Waals surface area contributed by atoms with Crippen molar-refractivity contribution < 1.29 is 9.90 Å². The van der Waals surface area contributed by atoms with E-state index in [4.69, 9.17) is 5.11 Å². The first kappa shape index (κ1) is 13.9. The molecular formula is C16H13BrN2O2. The molecule has 2 aromatic carbocycles. The van der Waals surface area contributed by atoms with Gasteiger partial charge < -0.3 is 15.7 Å². The number of benzene rings is 2. The van der Waals surface area contributed by atoms with Crippen LogP contribution in [0.4, 0.5) is 11.4 Å². The van der Waals surface area contributed by atoms with Gasteiger partial charge in [0.05, 0.1) is 17.9 Å². The van der Waals surface area contributed by atoms with Crippen molar-refractivity contribution in [1.29, 1.82) is 0 Å². The predicted octanol–water partition coefficient (Wildman–Crippen LogP) is 3.35. The molecule has 0 aliphatic carbocycles. The van der Waals surface area contributed by atoms with Gasteiger partial charge in [0.15, 0.2) is 0 Å². The molecule has 0 atom stereocenters. The summed E-state index contributed by atoms with van der Waals surface area (Å²) in [6, 6.07) is 13.1. The Balaban J connectivity index is 1.88. The van der Waals surface area contributed by atoms with E-state index in [2.05, 4.69) is 26.6 Å². The Labute approximate surface area is 130 Å².